The summed E-state index contributed by atoms with van der Waals surface area (Å²) >= 11 is 0. The van der Waals surface area contributed by atoms with E-state index in [4.69, 9.17) is 10.5 Å². The van der Waals surface area contributed by atoms with E-state index in [2.05, 4.69) is 20.1 Å². The highest BCUT2D eigenvalue weighted by Gasteiger charge is 2.18. The van der Waals surface area contributed by atoms with Crippen molar-refractivity contribution in [3.8, 4) is 17.1 Å². The van der Waals surface area contributed by atoms with Crippen LogP contribution in [-0.2, 0) is 6.42 Å². The van der Waals surface area contributed by atoms with Crippen LogP contribution in [0.2, 0.25) is 0 Å². The Morgan fingerprint density at radius 2 is 1.60 bits per heavy atom. The van der Waals surface area contributed by atoms with Crippen molar-refractivity contribution < 1.29 is 15.2 Å². The normalized spacial score (nSPS) is 11.8. The van der Waals surface area contributed by atoms with Gasteiger partial charge in [0.2, 0.25) is 0 Å². The first-order valence-electron chi connectivity index (χ1n) is 10.7. The number of hydrogen-bond acceptors (Lipinski definition) is 8. The van der Waals surface area contributed by atoms with Crippen molar-refractivity contribution in [2.45, 2.75) is 6.42 Å². The number of aliphatic imine (C=N–C) groups is 1. The lowest BCUT2D eigenvalue weighted by Gasteiger charge is -2.13. The number of amidine groups is 1. The Labute approximate surface area is 202 Å². The van der Waals surface area contributed by atoms with E-state index in [9.17, 15) is 10.4 Å². The van der Waals surface area contributed by atoms with Gasteiger partial charge in [-0.2, -0.15) is 0 Å². The number of hydrogen-bond donors (Lipinski definition) is 4. The number of nitrogens with one attached hydrogen (secondary N) is 1. The number of aromatic nitrogens is 2. The minimum Gasteiger partial charge on any atom is -0.497 e. The standard InChI is InChI=1S/C26H24N6O3/c1-35-20-14-12-17(13-15-20)16-21-23(27)28-24(19-10-6-3-7-11-19)29-25(21)30-26(32-34)22(31-33)18-8-4-2-5-9-18/h2-15,33-34H,16H2,1H3,(H3,27,28,29,30,32). The zero-order chi connectivity index (χ0) is 24.6. The lowest BCUT2D eigenvalue weighted by atomic mass is 10.1. The van der Waals surface area contributed by atoms with Crippen LogP contribution in [0, 0.1) is 0 Å². The fourth-order valence-corrected chi connectivity index (χ4v) is 3.49. The van der Waals surface area contributed by atoms with Crippen molar-refractivity contribution in [1.82, 2.24) is 15.4 Å². The van der Waals surface area contributed by atoms with Crippen LogP contribution in [-0.4, -0.2) is 39.0 Å². The van der Waals surface area contributed by atoms with Gasteiger partial charge in [0.1, 0.15) is 11.6 Å². The van der Waals surface area contributed by atoms with Crippen molar-refractivity contribution in [2.75, 3.05) is 12.8 Å². The second-order valence-electron chi connectivity index (χ2n) is 7.51. The quantitative estimate of drug-likeness (QED) is 0.138. The minimum atomic E-state index is -0.105. The predicted octanol–water partition coefficient (Wildman–Crippen LogP) is 4.21. The average molecular weight is 469 g/mol. The van der Waals surface area contributed by atoms with Crippen LogP contribution < -0.4 is 16.0 Å². The molecule has 4 aromatic rings. The number of nitrogens with two attached hydrogens (primary N) is 1. The van der Waals surface area contributed by atoms with E-state index in [1.165, 1.54) is 0 Å². The van der Waals surface area contributed by atoms with Crippen molar-refractivity contribution in [2.24, 2.45) is 10.1 Å². The van der Waals surface area contributed by atoms with Crippen LogP contribution in [0.1, 0.15) is 16.7 Å². The molecule has 176 valence electrons. The first-order chi connectivity index (χ1) is 17.1. The zero-order valence-corrected chi connectivity index (χ0v) is 19.0. The molecule has 4 rings (SSSR count). The van der Waals surface area contributed by atoms with Gasteiger partial charge in [0.25, 0.3) is 0 Å². The molecule has 5 N–H and O–H groups in total. The summed E-state index contributed by atoms with van der Waals surface area (Å²) in [5.41, 5.74) is 11.2. The maximum Gasteiger partial charge on any atom is 0.182 e. The van der Waals surface area contributed by atoms with Gasteiger partial charge in [0.15, 0.2) is 23.2 Å². The van der Waals surface area contributed by atoms with Crippen LogP contribution in [0.5, 0.6) is 5.75 Å². The van der Waals surface area contributed by atoms with Crippen LogP contribution >= 0.6 is 0 Å². The number of ether oxygens (including phenoxy) is 1. The first-order valence-corrected chi connectivity index (χ1v) is 10.7. The summed E-state index contributed by atoms with van der Waals surface area (Å²) in [4.78, 5) is 13.7. The summed E-state index contributed by atoms with van der Waals surface area (Å²) in [6.45, 7) is 0. The number of benzene rings is 3. The third-order valence-electron chi connectivity index (χ3n) is 5.28. The molecular weight excluding hydrogens is 444 g/mol. The monoisotopic (exact) mass is 468 g/mol. The molecule has 0 atom stereocenters. The largest absolute Gasteiger partial charge is 0.497 e. The summed E-state index contributed by atoms with van der Waals surface area (Å²) < 4.78 is 5.24. The molecule has 3 aromatic carbocycles. The van der Waals surface area contributed by atoms with Crippen LogP contribution in [0.15, 0.2) is 95.1 Å². The maximum absolute atomic E-state index is 9.88. The minimum absolute atomic E-state index is 0.0296. The Morgan fingerprint density at radius 3 is 2.20 bits per heavy atom. The second-order valence-corrected chi connectivity index (χ2v) is 7.51. The molecule has 0 aliphatic heterocycles. The summed E-state index contributed by atoms with van der Waals surface area (Å²) in [6.07, 6.45) is 0.374. The molecule has 0 aliphatic carbocycles. The molecule has 1 heterocycles. The van der Waals surface area contributed by atoms with Gasteiger partial charge < -0.3 is 15.7 Å². The molecule has 0 saturated carbocycles. The summed E-state index contributed by atoms with van der Waals surface area (Å²) in [6, 6.07) is 25.7. The molecule has 1 aromatic heterocycles. The number of methoxy groups -OCH3 is 1. The topological polar surface area (TPSA) is 138 Å². The van der Waals surface area contributed by atoms with Crippen LogP contribution in [0.3, 0.4) is 0 Å². The first kappa shape index (κ1) is 23.4. The summed E-state index contributed by atoms with van der Waals surface area (Å²) in [7, 11) is 1.60. The molecule has 0 unspecified atom stereocenters. The molecule has 0 aliphatic rings. The number of hydroxylamine groups is 1. The molecule has 0 amide bonds. The maximum atomic E-state index is 9.88. The van der Waals surface area contributed by atoms with E-state index in [1.54, 1.807) is 31.4 Å². The molecule has 0 radical (unpaired) electrons. The number of anilines is 1. The molecule has 35 heavy (non-hydrogen) atoms. The van der Waals surface area contributed by atoms with E-state index in [1.807, 2.05) is 66.1 Å². The van der Waals surface area contributed by atoms with E-state index < -0.39 is 0 Å². The molecular formula is C26H24N6O3. The molecule has 0 saturated heterocycles. The van der Waals surface area contributed by atoms with Crippen LogP contribution in [0.25, 0.3) is 11.4 Å². The van der Waals surface area contributed by atoms with Crippen molar-refractivity contribution >= 4 is 23.2 Å². The highest BCUT2D eigenvalue weighted by Crippen LogP contribution is 2.29. The fraction of sp³-hybridized carbons (Fsp3) is 0.0769. The average Bonchev–Trinajstić information content (AvgIpc) is 2.91. The second kappa shape index (κ2) is 10.9. The van der Waals surface area contributed by atoms with Gasteiger partial charge in [-0.15, -0.1) is 0 Å². The lowest BCUT2D eigenvalue weighted by molar-refractivity contribution is 0.236. The zero-order valence-electron chi connectivity index (χ0n) is 19.0. The highest BCUT2D eigenvalue weighted by atomic mass is 16.5. The van der Waals surface area contributed by atoms with Gasteiger partial charge in [0.05, 0.1) is 7.11 Å². The number of rotatable bonds is 7. The Hall–Kier alpha value is -4.76. The molecule has 9 nitrogen and oxygen atoms in total. The van der Waals surface area contributed by atoms with Gasteiger partial charge in [-0.3, -0.25) is 10.7 Å². The molecule has 9 heteroatoms. The van der Waals surface area contributed by atoms with Gasteiger partial charge >= 0.3 is 0 Å². The van der Waals surface area contributed by atoms with E-state index in [0.717, 1.165) is 16.9 Å². The smallest absolute Gasteiger partial charge is 0.182 e. The SMILES string of the molecule is COc1ccc(Cc2c(N)nc(-c3ccccc3)nc2N=C(NO)C(=NO)c2ccccc2)cc1. The van der Waals surface area contributed by atoms with E-state index >= 15 is 0 Å². The van der Waals surface area contributed by atoms with Gasteiger partial charge in [-0.05, 0) is 17.7 Å². The van der Waals surface area contributed by atoms with Gasteiger partial charge in [-0.1, -0.05) is 78.0 Å². The van der Waals surface area contributed by atoms with Gasteiger partial charge in [0, 0.05) is 23.1 Å². The Bertz CT molecular complexity index is 1340. The van der Waals surface area contributed by atoms with Crippen molar-refractivity contribution in [3.05, 3.63) is 102 Å². The Kier molecular flexibility index (Phi) is 7.29. The number of nitrogen functional groups attached to an aromatic ring is 1. The third kappa shape index (κ3) is 5.43. The Morgan fingerprint density at radius 1 is 0.943 bits per heavy atom. The van der Waals surface area contributed by atoms with E-state index in [-0.39, 0.29) is 23.2 Å². The fourth-order valence-electron chi connectivity index (χ4n) is 3.49. The summed E-state index contributed by atoms with van der Waals surface area (Å²) in [5.74, 6) is 1.47. The summed E-state index contributed by atoms with van der Waals surface area (Å²) in [5, 5.41) is 22.9. The predicted molar refractivity (Wildman–Crippen MR) is 134 cm³/mol. The number of nitrogens with zero attached hydrogens (tertiary/aromatic N) is 4. The van der Waals surface area contributed by atoms with Crippen LogP contribution in [0.4, 0.5) is 11.6 Å². The Balaban J connectivity index is 1.84. The number of oxime groups is 1. The van der Waals surface area contributed by atoms with Crippen molar-refractivity contribution in [1.29, 1.82) is 0 Å². The molecule has 0 spiro atoms. The van der Waals surface area contributed by atoms with Gasteiger partial charge in [-0.25, -0.2) is 15.0 Å². The lowest BCUT2D eigenvalue weighted by Crippen LogP contribution is -2.29. The van der Waals surface area contributed by atoms with E-state index in [0.29, 0.717) is 23.4 Å². The van der Waals surface area contributed by atoms with Crippen molar-refractivity contribution in [3.63, 3.8) is 0 Å². The third-order valence-corrected chi connectivity index (χ3v) is 5.28. The molecule has 0 fully saturated rings. The molecule has 0 bridgehead atoms. The highest BCUT2D eigenvalue weighted by molar-refractivity contribution is 6.47.